The van der Waals surface area contributed by atoms with Crippen molar-refractivity contribution in [1.29, 1.82) is 0 Å². The molecule has 2 rings (SSSR count). The number of piperidine rings is 1. The Kier molecular flexibility index (Phi) is 5.63. The summed E-state index contributed by atoms with van der Waals surface area (Å²) in [6.07, 6.45) is 2.33. The molecule has 0 aromatic heterocycles. The Hall–Kier alpha value is -1.09. The molecule has 1 fully saturated rings. The minimum absolute atomic E-state index is 0.0887. The zero-order valence-electron chi connectivity index (χ0n) is 13.8. The van der Waals surface area contributed by atoms with Gasteiger partial charge in [0.1, 0.15) is 5.82 Å². The van der Waals surface area contributed by atoms with Crippen LogP contribution in [0.5, 0.6) is 0 Å². The number of rotatable bonds is 5. The number of hydrogen-bond donors (Lipinski definition) is 1. The van der Waals surface area contributed by atoms with E-state index in [2.05, 4.69) is 44.0 Å². The number of hydrogen-bond acceptors (Lipinski definition) is 2. The highest BCUT2D eigenvalue weighted by Gasteiger charge is 2.30. The molecular weight excluding hydrogens is 263 g/mol. The van der Waals surface area contributed by atoms with E-state index in [4.69, 9.17) is 0 Å². The van der Waals surface area contributed by atoms with Crippen molar-refractivity contribution in [2.24, 2.45) is 11.8 Å². The summed E-state index contributed by atoms with van der Waals surface area (Å²) in [4.78, 5) is 2.41. The van der Waals surface area contributed by atoms with Gasteiger partial charge in [-0.3, -0.25) is 0 Å². The fourth-order valence-corrected chi connectivity index (χ4v) is 3.41. The van der Waals surface area contributed by atoms with Crippen LogP contribution in [0.3, 0.4) is 0 Å². The lowest BCUT2D eigenvalue weighted by Crippen LogP contribution is -2.46. The molecule has 0 bridgehead atoms. The Morgan fingerprint density at radius 3 is 2.76 bits per heavy atom. The van der Waals surface area contributed by atoms with E-state index in [0.29, 0.717) is 24.4 Å². The summed E-state index contributed by atoms with van der Waals surface area (Å²) < 4.78 is 14.3. The van der Waals surface area contributed by atoms with Crippen molar-refractivity contribution in [2.45, 2.75) is 53.1 Å². The minimum atomic E-state index is -0.0887. The van der Waals surface area contributed by atoms with Gasteiger partial charge in [0.05, 0.1) is 0 Å². The van der Waals surface area contributed by atoms with Gasteiger partial charge in [0.15, 0.2) is 0 Å². The van der Waals surface area contributed by atoms with Crippen molar-refractivity contribution in [3.8, 4) is 0 Å². The lowest BCUT2D eigenvalue weighted by molar-refractivity contribution is 0.296. The molecule has 0 amide bonds. The van der Waals surface area contributed by atoms with Gasteiger partial charge in [0.25, 0.3) is 0 Å². The molecule has 1 aromatic carbocycles. The SMILES string of the molecule is CCCNCc1c(F)cccc1N1CC(C)CC(C)C1C. The topological polar surface area (TPSA) is 15.3 Å². The fourth-order valence-electron chi connectivity index (χ4n) is 3.41. The van der Waals surface area contributed by atoms with Gasteiger partial charge in [-0.25, -0.2) is 4.39 Å². The van der Waals surface area contributed by atoms with Crippen LogP contribution in [0.1, 0.15) is 46.1 Å². The van der Waals surface area contributed by atoms with E-state index in [1.807, 2.05) is 6.07 Å². The first kappa shape index (κ1) is 16.3. The van der Waals surface area contributed by atoms with E-state index < -0.39 is 0 Å². The molecule has 3 heteroatoms. The van der Waals surface area contributed by atoms with Crippen molar-refractivity contribution >= 4 is 5.69 Å². The fraction of sp³-hybridized carbons (Fsp3) is 0.667. The van der Waals surface area contributed by atoms with Gasteiger partial charge < -0.3 is 10.2 Å². The second-order valence-electron chi connectivity index (χ2n) is 6.63. The summed E-state index contributed by atoms with van der Waals surface area (Å²) in [5.74, 6) is 1.22. The average molecular weight is 292 g/mol. The maximum atomic E-state index is 14.3. The van der Waals surface area contributed by atoms with E-state index >= 15 is 0 Å². The van der Waals surface area contributed by atoms with Crippen LogP contribution in [0.15, 0.2) is 18.2 Å². The molecule has 1 N–H and O–H groups in total. The van der Waals surface area contributed by atoms with Crippen LogP contribution in [0.4, 0.5) is 10.1 Å². The molecule has 3 atom stereocenters. The second kappa shape index (κ2) is 7.26. The standard InChI is InChI=1S/C18H29FN2/c1-5-9-20-11-16-17(19)7-6-8-18(16)21-12-13(2)10-14(3)15(21)4/h6-8,13-15,20H,5,9-12H2,1-4H3. The van der Waals surface area contributed by atoms with Gasteiger partial charge in [-0.2, -0.15) is 0 Å². The molecule has 1 heterocycles. The van der Waals surface area contributed by atoms with Crippen molar-refractivity contribution in [1.82, 2.24) is 5.32 Å². The first-order valence-electron chi connectivity index (χ1n) is 8.29. The Labute approximate surface area is 128 Å². The van der Waals surface area contributed by atoms with Crippen molar-refractivity contribution in [3.05, 3.63) is 29.6 Å². The van der Waals surface area contributed by atoms with E-state index in [9.17, 15) is 4.39 Å². The van der Waals surface area contributed by atoms with Gasteiger partial charge in [0, 0.05) is 30.4 Å². The summed E-state index contributed by atoms with van der Waals surface area (Å²) in [7, 11) is 0. The van der Waals surface area contributed by atoms with Gasteiger partial charge >= 0.3 is 0 Å². The highest BCUT2D eigenvalue weighted by atomic mass is 19.1. The molecule has 1 aliphatic rings. The number of benzene rings is 1. The smallest absolute Gasteiger partial charge is 0.129 e. The van der Waals surface area contributed by atoms with Crippen molar-refractivity contribution in [3.63, 3.8) is 0 Å². The van der Waals surface area contributed by atoms with E-state index in [1.54, 1.807) is 6.07 Å². The van der Waals surface area contributed by atoms with Crippen LogP contribution in [0, 0.1) is 17.7 Å². The maximum absolute atomic E-state index is 14.3. The summed E-state index contributed by atoms with van der Waals surface area (Å²) in [6, 6.07) is 5.96. The molecule has 0 aliphatic carbocycles. The highest BCUT2D eigenvalue weighted by Crippen LogP contribution is 2.34. The Morgan fingerprint density at radius 1 is 1.29 bits per heavy atom. The summed E-state index contributed by atoms with van der Waals surface area (Å²) >= 11 is 0. The molecule has 1 aliphatic heterocycles. The van der Waals surface area contributed by atoms with Crippen LogP contribution < -0.4 is 10.2 Å². The average Bonchev–Trinajstić information content (AvgIpc) is 2.45. The van der Waals surface area contributed by atoms with Gasteiger partial charge in [0.2, 0.25) is 0 Å². The lowest BCUT2D eigenvalue weighted by Gasteiger charge is -2.43. The quantitative estimate of drug-likeness (QED) is 0.818. The Morgan fingerprint density at radius 2 is 2.05 bits per heavy atom. The monoisotopic (exact) mass is 292 g/mol. The number of anilines is 1. The summed E-state index contributed by atoms with van der Waals surface area (Å²) in [5.41, 5.74) is 1.89. The lowest BCUT2D eigenvalue weighted by atomic mass is 9.85. The Balaban J connectivity index is 2.27. The number of halogens is 1. The third-order valence-electron chi connectivity index (χ3n) is 4.73. The molecule has 21 heavy (non-hydrogen) atoms. The first-order chi connectivity index (χ1) is 10.0. The summed E-state index contributed by atoms with van der Waals surface area (Å²) in [5, 5.41) is 3.34. The minimum Gasteiger partial charge on any atom is -0.368 e. The molecule has 3 unspecified atom stereocenters. The summed E-state index contributed by atoms with van der Waals surface area (Å²) in [6.45, 7) is 11.6. The van der Waals surface area contributed by atoms with E-state index in [-0.39, 0.29) is 5.82 Å². The Bertz CT molecular complexity index is 461. The maximum Gasteiger partial charge on any atom is 0.129 e. The highest BCUT2D eigenvalue weighted by molar-refractivity contribution is 5.55. The van der Waals surface area contributed by atoms with Crippen molar-refractivity contribution < 1.29 is 4.39 Å². The van der Waals surface area contributed by atoms with Crippen molar-refractivity contribution in [2.75, 3.05) is 18.0 Å². The molecule has 0 radical (unpaired) electrons. The third kappa shape index (κ3) is 3.76. The van der Waals surface area contributed by atoms with Crippen LogP contribution >= 0.6 is 0 Å². The predicted octanol–water partition coefficient (Wildman–Crippen LogP) is 4.20. The number of nitrogens with zero attached hydrogens (tertiary/aromatic N) is 1. The zero-order chi connectivity index (χ0) is 15.4. The van der Waals surface area contributed by atoms with Crippen LogP contribution in [-0.4, -0.2) is 19.1 Å². The molecule has 1 aromatic rings. The third-order valence-corrected chi connectivity index (χ3v) is 4.73. The molecule has 0 spiro atoms. The molecular formula is C18H29FN2. The second-order valence-corrected chi connectivity index (χ2v) is 6.63. The van der Waals surface area contributed by atoms with Crippen LogP contribution in [0.25, 0.3) is 0 Å². The zero-order valence-corrected chi connectivity index (χ0v) is 13.8. The largest absolute Gasteiger partial charge is 0.368 e. The van der Waals surface area contributed by atoms with Gasteiger partial charge in [-0.05, 0) is 50.3 Å². The van der Waals surface area contributed by atoms with E-state index in [0.717, 1.165) is 30.8 Å². The van der Waals surface area contributed by atoms with Crippen LogP contribution in [-0.2, 0) is 6.54 Å². The van der Waals surface area contributed by atoms with Gasteiger partial charge in [-0.15, -0.1) is 0 Å². The number of nitrogens with one attached hydrogen (secondary N) is 1. The van der Waals surface area contributed by atoms with Gasteiger partial charge in [-0.1, -0.05) is 26.8 Å². The van der Waals surface area contributed by atoms with Crippen LogP contribution in [0.2, 0.25) is 0 Å². The normalized spacial score (nSPS) is 26.1. The molecule has 0 saturated carbocycles. The van der Waals surface area contributed by atoms with E-state index in [1.165, 1.54) is 6.42 Å². The molecule has 118 valence electrons. The molecule has 2 nitrogen and oxygen atoms in total. The first-order valence-corrected chi connectivity index (χ1v) is 8.29. The predicted molar refractivity (Wildman–Crippen MR) is 88.2 cm³/mol. The molecule has 1 saturated heterocycles.